The molecule has 0 heterocycles. The molecule has 1 atom stereocenters. The van der Waals surface area contributed by atoms with Gasteiger partial charge in [0, 0.05) is 11.1 Å². The molecule has 2 rings (SSSR count). The van der Waals surface area contributed by atoms with Gasteiger partial charge in [-0.2, -0.15) is 0 Å². The van der Waals surface area contributed by atoms with Gasteiger partial charge in [-0.1, -0.05) is 25.0 Å². The molecule has 2 N–H and O–H groups in total. The second-order valence-electron chi connectivity index (χ2n) is 5.78. The second kappa shape index (κ2) is 5.17. The maximum atomic E-state index is 14.1. The summed E-state index contributed by atoms with van der Waals surface area (Å²) < 4.78 is 27.8. The highest BCUT2D eigenvalue weighted by Crippen LogP contribution is 2.43. The average Bonchev–Trinajstić information content (AvgIpc) is 2.86. The molecule has 1 fully saturated rings. The van der Waals surface area contributed by atoms with E-state index in [4.69, 9.17) is 5.73 Å². The Morgan fingerprint density at radius 1 is 1.16 bits per heavy atom. The average molecular weight is 268 g/mol. The Bertz CT molecular complexity index is 465. The highest BCUT2D eigenvalue weighted by atomic mass is 19.2. The van der Waals surface area contributed by atoms with Crippen molar-refractivity contribution in [2.45, 2.75) is 44.2 Å². The number of hydrogen-bond donors (Lipinski definition) is 1. The van der Waals surface area contributed by atoms with Gasteiger partial charge in [-0.15, -0.1) is 0 Å². The number of nitrogens with two attached hydrogens (primary N) is 1. The van der Waals surface area contributed by atoms with Gasteiger partial charge in [-0.25, -0.2) is 8.78 Å². The van der Waals surface area contributed by atoms with Crippen molar-refractivity contribution in [1.82, 2.24) is 4.90 Å². The van der Waals surface area contributed by atoms with Crippen LogP contribution in [0.4, 0.5) is 8.78 Å². The molecule has 2 nitrogen and oxygen atoms in total. The summed E-state index contributed by atoms with van der Waals surface area (Å²) in [4.78, 5) is 2.07. The van der Waals surface area contributed by atoms with E-state index in [2.05, 4.69) is 4.90 Å². The highest BCUT2D eigenvalue weighted by molar-refractivity contribution is 5.30. The van der Waals surface area contributed by atoms with Gasteiger partial charge < -0.3 is 10.6 Å². The van der Waals surface area contributed by atoms with Crippen molar-refractivity contribution in [2.24, 2.45) is 5.73 Å². The summed E-state index contributed by atoms with van der Waals surface area (Å²) in [6.45, 7) is 1.56. The molecule has 0 bridgehead atoms. The Kier molecular flexibility index (Phi) is 3.92. The lowest BCUT2D eigenvalue weighted by molar-refractivity contribution is 0.121. The van der Waals surface area contributed by atoms with E-state index in [1.807, 2.05) is 14.1 Å². The third-order valence-electron chi connectivity index (χ3n) is 4.58. The molecule has 1 unspecified atom stereocenters. The van der Waals surface area contributed by atoms with Crippen molar-refractivity contribution in [2.75, 3.05) is 14.1 Å². The van der Waals surface area contributed by atoms with E-state index in [9.17, 15) is 8.78 Å². The first-order chi connectivity index (χ1) is 8.90. The van der Waals surface area contributed by atoms with Crippen LogP contribution < -0.4 is 5.73 Å². The number of nitrogens with zero attached hydrogens (tertiary/aromatic N) is 1. The minimum absolute atomic E-state index is 0.261. The molecule has 1 saturated carbocycles. The van der Waals surface area contributed by atoms with Crippen molar-refractivity contribution in [3.8, 4) is 0 Å². The fraction of sp³-hybridized carbons (Fsp3) is 0.600. The van der Waals surface area contributed by atoms with Gasteiger partial charge in [0.1, 0.15) is 0 Å². The fourth-order valence-corrected chi connectivity index (χ4v) is 3.21. The number of halogens is 2. The van der Waals surface area contributed by atoms with E-state index in [0.29, 0.717) is 11.1 Å². The van der Waals surface area contributed by atoms with Gasteiger partial charge in [0.2, 0.25) is 0 Å². The third-order valence-corrected chi connectivity index (χ3v) is 4.58. The van der Waals surface area contributed by atoms with E-state index >= 15 is 0 Å². The largest absolute Gasteiger partial charge is 0.322 e. The Labute approximate surface area is 113 Å². The van der Waals surface area contributed by atoms with Crippen LogP contribution >= 0.6 is 0 Å². The number of hydrogen-bond acceptors (Lipinski definition) is 2. The maximum Gasteiger partial charge on any atom is 0.163 e. The molecule has 106 valence electrons. The zero-order chi connectivity index (χ0) is 14.2. The summed E-state index contributed by atoms with van der Waals surface area (Å²) in [5.74, 6) is -1.57. The van der Waals surface area contributed by atoms with Crippen LogP contribution in [0.5, 0.6) is 0 Å². The first-order valence-electron chi connectivity index (χ1n) is 6.77. The van der Waals surface area contributed by atoms with Crippen LogP contribution in [0.2, 0.25) is 0 Å². The molecule has 1 aliphatic rings. The van der Waals surface area contributed by atoms with Gasteiger partial charge >= 0.3 is 0 Å². The van der Waals surface area contributed by atoms with Crippen molar-refractivity contribution in [3.63, 3.8) is 0 Å². The predicted octanol–water partition coefficient (Wildman–Crippen LogP) is 3.15. The first-order valence-corrected chi connectivity index (χ1v) is 6.77. The normalized spacial score (nSPS) is 19.9. The van der Waals surface area contributed by atoms with E-state index < -0.39 is 17.7 Å². The van der Waals surface area contributed by atoms with Gasteiger partial charge in [0.25, 0.3) is 0 Å². The lowest BCUT2D eigenvalue weighted by Crippen LogP contribution is -2.50. The molecule has 0 radical (unpaired) electrons. The molecule has 0 amide bonds. The Morgan fingerprint density at radius 3 is 2.26 bits per heavy atom. The van der Waals surface area contributed by atoms with E-state index in [0.717, 1.165) is 25.7 Å². The molecular formula is C15H22F2N2. The van der Waals surface area contributed by atoms with Crippen LogP contribution in [0.15, 0.2) is 12.1 Å². The molecule has 19 heavy (non-hydrogen) atoms. The van der Waals surface area contributed by atoms with Crippen molar-refractivity contribution in [1.29, 1.82) is 0 Å². The van der Waals surface area contributed by atoms with E-state index in [1.54, 1.807) is 19.1 Å². The fourth-order valence-electron chi connectivity index (χ4n) is 3.21. The number of likely N-dealkylation sites (N-methyl/N-ethyl adjacent to an activating group) is 1. The molecular weight excluding hydrogens is 246 g/mol. The lowest BCUT2D eigenvalue weighted by Gasteiger charge is -2.41. The molecule has 1 aliphatic carbocycles. The van der Waals surface area contributed by atoms with Crippen molar-refractivity contribution < 1.29 is 8.78 Å². The molecule has 0 aromatic heterocycles. The first kappa shape index (κ1) is 14.4. The van der Waals surface area contributed by atoms with Crippen LogP contribution in [0.3, 0.4) is 0 Å². The van der Waals surface area contributed by atoms with Crippen LogP contribution in [0.25, 0.3) is 0 Å². The topological polar surface area (TPSA) is 29.3 Å². The summed E-state index contributed by atoms with van der Waals surface area (Å²) in [6, 6.07) is 2.73. The Balaban J connectivity index is 2.43. The lowest BCUT2D eigenvalue weighted by atomic mass is 9.82. The molecule has 1 aromatic carbocycles. The third kappa shape index (κ3) is 2.28. The highest BCUT2D eigenvalue weighted by Gasteiger charge is 2.43. The molecule has 4 heteroatoms. The monoisotopic (exact) mass is 268 g/mol. The summed E-state index contributed by atoms with van der Waals surface area (Å²) in [5, 5.41) is 0. The number of benzene rings is 1. The zero-order valence-corrected chi connectivity index (χ0v) is 11.8. The standard InChI is InChI=1S/C15H22F2N2/c1-10-6-7-11(13(17)12(10)16)14(18)15(19(2)3)8-4-5-9-15/h6-7,14H,4-5,8-9,18H2,1-3H3. The molecule has 0 spiro atoms. The summed E-state index contributed by atoms with van der Waals surface area (Å²) in [7, 11) is 3.93. The van der Waals surface area contributed by atoms with Gasteiger partial charge in [-0.3, -0.25) is 0 Å². The van der Waals surface area contributed by atoms with E-state index in [1.165, 1.54) is 0 Å². The van der Waals surface area contributed by atoms with Crippen LogP contribution in [-0.2, 0) is 0 Å². The summed E-state index contributed by atoms with van der Waals surface area (Å²) in [6.07, 6.45) is 4.02. The van der Waals surface area contributed by atoms with Crippen LogP contribution in [0, 0.1) is 18.6 Å². The van der Waals surface area contributed by atoms with E-state index in [-0.39, 0.29) is 5.54 Å². The Hall–Kier alpha value is -1.00. The molecule has 0 saturated heterocycles. The van der Waals surface area contributed by atoms with Crippen LogP contribution in [-0.4, -0.2) is 24.5 Å². The Morgan fingerprint density at radius 2 is 1.74 bits per heavy atom. The van der Waals surface area contributed by atoms with Gasteiger partial charge in [-0.05, 0) is 39.4 Å². The summed E-state index contributed by atoms with van der Waals surface area (Å²) >= 11 is 0. The quantitative estimate of drug-likeness (QED) is 0.912. The smallest absolute Gasteiger partial charge is 0.163 e. The van der Waals surface area contributed by atoms with Gasteiger partial charge in [0.15, 0.2) is 11.6 Å². The van der Waals surface area contributed by atoms with Crippen LogP contribution in [0.1, 0.15) is 42.9 Å². The molecule has 1 aromatic rings. The van der Waals surface area contributed by atoms with Crippen molar-refractivity contribution in [3.05, 3.63) is 34.9 Å². The zero-order valence-electron chi connectivity index (χ0n) is 11.8. The number of rotatable bonds is 3. The van der Waals surface area contributed by atoms with Crippen molar-refractivity contribution >= 4 is 0 Å². The maximum absolute atomic E-state index is 14.1. The molecule has 0 aliphatic heterocycles. The minimum Gasteiger partial charge on any atom is -0.322 e. The summed E-state index contributed by atoms with van der Waals surface area (Å²) in [5.41, 5.74) is 6.66. The SMILES string of the molecule is Cc1ccc(C(N)C2(N(C)C)CCCC2)c(F)c1F. The minimum atomic E-state index is -0.791. The second-order valence-corrected chi connectivity index (χ2v) is 5.78. The predicted molar refractivity (Wildman–Crippen MR) is 72.9 cm³/mol. The number of aryl methyl sites for hydroxylation is 1. The van der Waals surface area contributed by atoms with Gasteiger partial charge in [0.05, 0.1) is 6.04 Å².